The summed E-state index contributed by atoms with van der Waals surface area (Å²) >= 11 is 0. The predicted molar refractivity (Wildman–Crippen MR) is 99.0 cm³/mol. The summed E-state index contributed by atoms with van der Waals surface area (Å²) in [5.74, 6) is 0. The van der Waals surface area contributed by atoms with Crippen LogP contribution in [0.25, 0.3) is 5.70 Å². The highest BCUT2D eigenvalue weighted by Crippen LogP contribution is 2.22. The van der Waals surface area contributed by atoms with E-state index in [0.29, 0.717) is 0 Å². The van der Waals surface area contributed by atoms with E-state index >= 15 is 0 Å². The molecular formula is C19H26BN. The molecule has 0 heterocycles. The minimum absolute atomic E-state index is 1.01. The van der Waals surface area contributed by atoms with Crippen LogP contribution >= 0.6 is 0 Å². The summed E-state index contributed by atoms with van der Waals surface area (Å²) in [5.41, 5.74) is 6.00. The van der Waals surface area contributed by atoms with E-state index in [0.717, 1.165) is 25.1 Å². The first-order valence-electron chi connectivity index (χ1n) is 7.76. The van der Waals surface area contributed by atoms with Gasteiger partial charge in [-0.2, -0.15) is 0 Å². The van der Waals surface area contributed by atoms with Crippen LogP contribution in [0.4, 0.5) is 0 Å². The first kappa shape index (κ1) is 17.2. The van der Waals surface area contributed by atoms with Crippen molar-refractivity contribution in [2.75, 3.05) is 0 Å². The summed E-state index contributed by atoms with van der Waals surface area (Å²) in [6, 6.07) is 8.75. The van der Waals surface area contributed by atoms with Crippen molar-refractivity contribution in [2.24, 2.45) is 4.99 Å². The predicted octanol–water partition coefficient (Wildman–Crippen LogP) is 4.53. The van der Waals surface area contributed by atoms with Gasteiger partial charge in [0.25, 0.3) is 0 Å². The molecule has 0 atom stereocenters. The molecule has 0 unspecified atom stereocenters. The van der Waals surface area contributed by atoms with Crippen LogP contribution in [0.2, 0.25) is 6.82 Å². The lowest BCUT2D eigenvalue weighted by atomic mass is 9.73. The highest BCUT2D eigenvalue weighted by atomic mass is 14.8. The standard InChI is InChI=1S/C19H26BN/c1-6-8-9-10-16(4)21-19(15(3)7-2)17-11-13-18(20-5)14-12-17/h6,8-14,20H,7H2,1-5H3/b8-6-,10-9-,19-15+,21-16+. The average molecular weight is 279 g/mol. The number of benzene rings is 1. The van der Waals surface area contributed by atoms with Crippen molar-refractivity contribution in [3.8, 4) is 0 Å². The van der Waals surface area contributed by atoms with Crippen LogP contribution < -0.4 is 5.46 Å². The minimum Gasteiger partial charge on any atom is -0.253 e. The molecule has 1 rings (SSSR count). The van der Waals surface area contributed by atoms with Crippen molar-refractivity contribution in [3.05, 3.63) is 59.7 Å². The van der Waals surface area contributed by atoms with Crippen LogP contribution in [-0.4, -0.2) is 13.0 Å². The molecule has 110 valence electrons. The molecule has 0 spiro atoms. The lowest BCUT2D eigenvalue weighted by molar-refractivity contribution is 1.09. The fourth-order valence-electron chi connectivity index (χ4n) is 1.99. The van der Waals surface area contributed by atoms with Crippen LogP contribution in [0.15, 0.2) is 59.1 Å². The molecule has 0 saturated heterocycles. The SMILES string of the molecule is CBc1ccc(C(/N=C(C)/C=C\C=C/C)=C(/C)CC)cc1. The van der Waals surface area contributed by atoms with Crippen molar-refractivity contribution in [1.29, 1.82) is 0 Å². The summed E-state index contributed by atoms with van der Waals surface area (Å²) in [6.45, 7) is 10.6. The monoisotopic (exact) mass is 279 g/mol. The molecule has 0 radical (unpaired) electrons. The smallest absolute Gasteiger partial charge is 0.154 e. The average Bonchev–Trinajstić information content (AvgIpc) is 2.52. The van der Waals surface area contributed by atoms with E-state index in [9.17, 15) is 0 Å². The molecule has 0 amide bonds. The van der Waals surface area contributed by atoms with Crippen LogP contribution in [-0.2, 0) is 0 Å². The second-order valence-electron chi connectivity index (χ2n) is 5.17. The summed E-state index contributed by atoms with van der Waals surface area (Å²) < 4.78 is 0. The Morgan fingerprint density at radius 2 is 1.81 bits per heavy atom. The fraction of sp³-hybridized carbons (Fsp3) is 0.316. The topological polar surface area (TPSA) is 12.4 Å². The Hall–Kier alpha value is -1.83. The van der Waals surface area contributed by atoms with Gasteiger partial charge < -0.3 is 0 Å². The zero-order chi connectivity index (χ0) is 15.7. The molecule has 1 aromatic rings. The van der Waals surface area contributed by atoms with Gasteiger partial charge in [0.05, 0.1) is 5.70 Å². The van der Waals surface area contributed by atoms with Gasteiger partial charge in [-0.15, -0.1) is 0 Å². The third kappa shape index (κ3) is 5.59. The number of hydrogen-bond acceptors (Lipinski definition) is 1. The fourth-order valence-corrected chi connectivity index (χ4v) is 1.99. The molecule has 0 fully saturated rings. The van der Waals surface area contributed by atoms with Crippen LogP contribution in [0, 0.1) is 0 Å². The Kier molecular flexibility index (Phi) is 7.53. The van der Waals surface area contributed by atoms with Crippen molar-refractivity contribution in [3.63, 3.8) is 0 Å². The summed E-state index contributed by atoms with van der Waals surface area (Å²) in [5, 5.41) is 0. The Labute approximate surface area is 130 Å². The van der Waals surface area contributed by atoms with E-state index in [-0.39, 0.29) is 0 Å². The molecule has 0 aliphatic heterocycles. The summed E-state index contributed by atoms with van der Waals surface area (Å²) in [7, 11) is 1.07. The van der Waals surface area contributed by atoms with Gasteiger partial charge in [0.15, 0.2) is 7.28 Å². The Bertz CT molecular complexity index is 560. The van der Waals surface area contributed by atoms with Gasteiger partial charge >= 0.3 is 0 Å². The van der Waals surface area contributed by atoms with Gasteiger partial charge in [0, 0.05) is 11.3 Å². The zero-order valence-electron chi connectivity index (χ0n) is 14.0. The summed E-state index contributed by atoms with van der Waals surface area (Å²) in [4.78, 5) is 4.82. The molecule has 1 nitrogen and oxygen atoms in total. The van der Waals surface area contributed by atoms with Gasteiger partial charge in [0.1, 0.15) is 0 Å². The summed E-state index contributed by atoms with van der Waals surface area (Å²) in [6.07, 6.45) is 9.12. The van der Waals surface area contributed by atoms with Gasteiger partial charge in [-0.1, -0.05) is 61.7 Å². The third-order valence-electron chi connectivity index (χ3n) is 3.50. The highest BCUT2D eigenvalue weighted by Gasteiger charge is 2.04. The van der Waals surface area contributed by atoms with Gasteiger partial charge in [-0.05, 0) is 38.8 Å². The maximum Gasteiger partial charge on any atom is 0.154 e. The normalized spacial score (nSPS) is 13.9. The van der Waals surface area contributed by atoms with E-state index < -0.39 is 0 Å². The maximum atomic E-state index is 4.82. The van der Waals surface area contributed by atoms with E-state index in [1.54, 1.807) is 0 Å². The first-order valence-corrected chi connectivity index (χ1v) is 7.76. The van der Waals surface area contributed by atoms with E-state index in [1.807, 2.05) is 38.2 Å². The van der Waals surface area contributed by atoms with Crippen LogP contribution in [0.1, 0.15) is 39.7 Å². The van der Waals surface area contributed by atoms with Crippen molar-refractivity contribution in [2.45, 2.75) is 40.9 Å². The molecule has 0 aromatic heterocycles. The zero-order valence-corrected chi connectivity index (χ0v) is 14.0. The van der Waals surface area contributed by atoms with Crippen LogP contribution in [0.5, 0.6) is 0 Å². The lowest BCUT2D eigenvalue weighted by Crippen LogP contribution is -2.09. The maximum absolute atomic E-state index is 4.82. The quantitative estimate of drug-likeness (QED) is 0.412. The number of hydrogen-bond donors (Lipinski definition) is 0. The van der Waals surface area contributed by atoms with E-state index in [1.165, 1.54) is 16.6 Å². The molecule has 0 N–H and O–H groups in total. The molecule has 0 bridgehead atoms. The Morgan fingerprint density at radius 1 is 1.14 bits per heavy atom. The number of aliphatic imine (C=N–C) groups is 1. The van der Waals surface area contributed by atoms with Crippen molar-refractivity contribution in [1.82, 2.24) is 0 Å². The molecule has 0 saturated carbocycles. The molecule has 2 heteroatoms. The van der Waals surface area contributed by atoms with Gasteiger partial charge in [-0.25, -0.2) is 0 Å². The molecule has 0 aliphatic carbocycles. The van der Waals surface area contributed by atoms with Crippen molar-refractivity contribution < 1.29 is 0 Å². The Morgan fingerprint density at radius 3 is 2.33 bits per heavy atom. The second kappa shape index (κ2) is 9.17. The van der Waals surface area contributed by atoms with E-state index in [2.05, 4.69) is 44.9 Å². The van der Waals surface area contributed by atoms with E-state index in [4.69, 9.17) is 4.99 Å². The third-order valence-corrected chi connectivity index (χ3v) is 3.50. The molecular weight excluding hydrogens is 253 g/mol. The van der Waals surface area contributed by atoms with Crippen molar-refractivity contribution >= 4 is 24.2 Å². The molecule has 1 aromatic carbocycles. The minimum atomic E-state index is 1.01. The number of nitrogens with zero attached hydrogens (tertiary/aromatic N) is 1. The molecule has 21 heavy (non-hydrogen) atoms. The number of allylic oxidation sites excluding steroid dienone is 5. The lowest BCUT2D eigenvalue weighted by Gasteiger charge is -2.09. The second-order valence-corrected chi connectivity index (χ2v) is 5.17. The van der Waals surface area contributed by atoms with Crippen LogP contribution in [0.3, 0.4) is 0 Å². The Balaban J connectivity index is 3.15. The van der Waals surface area contributed by atoms with Gasteiger partial charge in [0.2, 0.25) is 0 Å². The number of rotatable bonds is 6. The largest absolute Gasteiger partial charge is 0.253 e. The van der Waals surface area contributed by atoms with Gasteiger partial charge in [-0.3, -0.25) is 4.99 Å². The highest BCUT2D eigenvalue weighted by molar-refractivity contribution is 6.51. The first-order chi connectivity index (χ1) is 10.1. The molecule has 0 aliphatic rings.